The first-order valence-electron chi connectivity index (χ1n) is 4.90. The van der Waals surface area contributed by atoms with Gasteiger partial charge in [0.1, 0.15) is 0 Å². The summed E-state index contributed by atoms with van der Waals surface area (Å²) >= 11 is 0. The molecule has 1 aliphatic carbocycles. The van der Waals surface area contributed by atoms with Gasteiger partial charge in [-0.15, -0.1) is 0 Å². The fourth-order valence-electron chi connectivity index (χ4n) is 2.12. The molecule has 0 atom stereocenters. The first-order chi connectivity index (χ1) is 6.71. The standard InChI is InChI=1S/C11H12N2O/c12-11(4-5-11)9-3-1-2-7-8(9)6-13-10(7)14/h1-3H,4-6,12H2,(H,13,14). The molecule has 0 unspecified atom stereocenters. The third kappa shape index (κ3) is 0.930. The molecular weight excluding hydrogens is 176 g/mol. The number of amides is 1. The predicted molar refractivity (Wildman–Crippen MR) is 52.7 cm³/mol. The lowest BCUT2D eigenvalue weighted by Gasteiger charge is -2.12. The maximum atomic E-state index is 11.4. The molecule has 0 saturated heterocycles. The average Bonchev–Trinajstić information content (AvgIpc) is 2.83. The highest BCUT2D eigenvalue weighted by Crippen LogP contribution is 2.45. The van der Waals surface area contributed by atoms with Gasteiger partial charge in [-0.1, -0.05) is 12.1 Å². The smallest absolute Gasteiger partial charge is 0.251 e. The van der Waals surface area contributed by atoms with E-state index >= 15 is 0 Å². The zero-order valence-corrected chi connectivity index (χ0v) is 7.84. The highest BCUT2D eigenvalue weighted by Gasteiger charge is 2.42. The van der Waals surface area contributed by atoms with E-state index in [0.29, 0.717) is 6.54 Å². The van der Waals surface area contributed by atoms with Crippen molar-refractivity contribution < 1.29 is 4.79 Å². The topological polar surface area (TPSA) is 55.1 Å². The van der Waals surface area contributed by atoms with E-state index in [1.807, 2.05) is 18.2 Å². The van der Waals surface area contributed by atoms with Crippen molar-refractivity contribution >= 4 is 5.91 Å². The van der Waals surface area contributed by atoms with Gasteiger partial charge in [-0.05, 0) is 30.0 Å². The molecule has 1 saturated carbocycles. The second kappa shape index (κ2) is 2.36. The number of benzene rings is 1. The number of fused-ring (bicyclic) bond motifs is 1. The summed E-state index contributed by atoms with van der Waals surface area (Å²) in [5.74, 6) is 0.0334. The van der Waals surface area contributed by atoms with Gasteiger partial charge in [0.15, 0.2) is 0 Å². The molecule has 2 aliphatic rings. The van der Waals surface area contributed by atoms with Crippen molar-refractivity contribution in [3.63, 3.8) is 0 Å². The third-order valence-corrected chi connectivity index (χ3v) is 3.17. The molecule has 1 amide bonds. The first kappa shape index (κ1) is 8.00. The van der Waals surface area contributed by atoms with E-state index in [1.54, 1.807) is 0 Å². The molecular formula is C11H12N2O. The highest BCUT2D eigenvalue weighted by molar-refractivity contribution is 5.98. The van der Waals surface area contributed by atoms with Crippen LogP contribution in [0.5, 0.6) is 0 Å². The Balaban J connectivity index is 2.19. The fraction of sp³-hybridized carbons (Fsp3) is 0.364. The molecule has 1 aliphatic heterocycles. The van der Waals surface area contributed by atoms with E-state index in [2.05, 4.69) is 5.32 Å². The van der Waals surface area contributed by atoms with Gasteiger partial charge >= 0.3 is 0 Å². The molecule has 1 heterocycles. The number of hydrogen-bond donors (Lipinski definition) is 2. The second-order valence-electron chi connectivity index (χ2n) is 4.17. The minimum atomic E-state index is -0.141. The van der Waals surface area contributed by atoms with E-state index in [0.717, 1.165) is 29.5 Å². The average molecular weight is 188 g/mol. The number of nitrogens with one attached hydrogen (secondary N) is 1. The number of hydrogen-bond acceptors (Lipinski definition) is 2. The van der Waals surface area contributed by atoms with Crippen molar-refractivity contribution in [3.05, 3.63) is 34.9 Å². The molecule has 14 heavy (non-hydrogen) atoms. The van der Waals surface area contributed by atoms with Crippen molar-refractivity contribution in [1.29, 1.82) is 0 Å². The molecule has 3 N–H and O–H groups in total. The normalized spacial score (nSPS) is 21.6. The molecule has 3 nitrogen and oxygen atoms in total. The van der Waals surface area contributed by atoms with Crippen LogP contribution >= 0.6 is 0 Å². The summed E-state index contributed by atoms with van der Waals surface area (Å²) in [6.45, 7) is 0.642. The van der Waals surface area contributed by atoms with Crippen LogP contribution in [0.15, 0.2) is 18.2 Å². The Labute approximate surface area is 82.3 Å². The van der Waals surface area contributed by atoms with Crippen molar-refractivity contribution in [3.8, 4) is 0 Å². The molecule has 1 aromatic rings. The molecule has 0 bridgehead atoms. The monoisotopic (exact) mass is 188 g/mol. The Kier molecular flexibility index (Phi) is 1.35. The van der Waals surface area contributed by atoms with Crippen LogP contribution in [-0.4, -0.2) is 5.91 Å². The summed E-state index contributed by atoms with van der Waals surface area (Å²) in [7, 11) is 0. The van der Waals surface area contributed by atoms with Crippen LogP contribution in [0.3, 0.4) is 0 Å². The van der Waals surface area contributed by atoms with Gasteiger partial charge in [0, 0.05) is 17.6 Å². The lowest BCUT2D eigenvalue weighted by Crippen LogP contribution is -2.20. The summed E-state index contributed by atoms with van der Waals surface area (Å²) in [5.41, 5.74) is 9.08. The van der Waals surface area contributed by atoms with Gasteiger partial charge in [0.25, 0.3) is 5.91 Å². The van der Waals surface area contributed by atoms with Crippen LogP contribution in [0.4, 0.5) is 0 Å². The molecule has 0 aromatic heterocycles. The molecule has 3 heteroatoms. The van der Waals surface area contributed by atoms with E-state index in [4.69, 9.17) is 5.73 Å². The fourth-order valence-corrected chi connectivity index (χ4v) is 2.12. The maximum Gasteiger partial charge on any atom is 0.251 e. The summed E-state index contributed by atoms with van der Waals surface area (Å²) in [5, 5.41) is 2.83. The van der Waals surface area contributed by atoms with Gasteiger partial charge in [-0.25, -0.2) is 0 Å². The van der Waals surface area contributed by atoms with Crippen LogP contribution in [0, 0.1) is 0 Å². The Bertz CT molecular complexity index is 421. The lowest BCUT2D eigenvalue weighted by atomic mass is 9.96. The summed E-state index contributed by atoms with van der Waals surface area (Å²) in [6, 6.07) is 5.84. The zero-order valence-electron chi connectivity index (χ0n) is 7.84. The molecule has 0 spiro atoms. The Hall–Kier alpha value is -1.35. The number of carbonyl (C=O) groups is 1. The largest absolute Gasteiger partial charge is 0.348 e. The lowest BCUT2D eigenvalue weighted by molar-refractivity contribution is 0.0966. The zero-order chi connectivity index (χ0) is 9.76. The Morgan fingerprint density at radius 2 is 2.14 bits per heavy atom. The Morgan fingerprint density at radius 1 is 1.36 bits per heavy atom. The van der Waals surface area contributed by atoms with Gasteiger partial charge < -0.3 is 11.1 Å². The van der Waals surface area contributed by atoms with E-state index in [9.17, 15) is 4.79 Å². The van der Waals surface area contributed by atoms with Crippen molar-refractivity contribution in [1.82, 2.24) is 5.32 Å². The van der Waals surface area contributed by atoms with Crippen LogP contribution in [0.25, 0.3) is 0 Å². The molecule has 1 aromatic carbocycles. The van der Waals surface area contributed by atoms with Crippen molar-refractivity contribution in [2.45, 2.75) is 24.9 Å². The Morgan fingerprint density at radius 3 is 2.86 bits per heavy atom. The van der Waals surface area contributed by atoms with Gasteiger partial charge in [-0.2, -0.15) is 0 Å². The highest BCUT2D eigenvalue weighted by atomic mass is 16.1. The molecule has 0 radical (unpaired) electrons. The van der Waals surface area contributed by atoms with Gasteiger partial charge in [0.05, 0.1) is 0 Å². The van der Waals surface area contributed by atoms with Crippen molar-refractivity contribution in [2.75, 3.05) is 0 Å². The van der Waals surface area contributed by atoms with Crippen molar-refractivity contribution in [2.24, 2.45) is 5.73 Å². The molecule has 3 rings (SSSR count). The minimum absolute atomic E-state index is 0.0334. The first-order valence-corrected chi connectivity index (χ1v) is 4.90. The molecule has 72 valence electrons. The predicted octanol–water partition coefficient (Wildman–Crippen LogP) is 0.878. The minimum Gasteiger partial charge on any atom is -0.348 e. The van der Waals surface area contributed by atoms with Crippen LogP contribution in [0.1, 0.15) is 34.3 Å². The summed E-state index contributed by atoms with van der Waals surface area (Å²) < 4.78 is 0. The quantitative estimate of drug-likeness (QED) is 0.687. The number of rotatable bonds is 1. The van der Waals surface area contributed by atoms with Crippen LogP contribution < -0.4 is 11.1 Å². The molecule has 1 fully saturated rings. The van der Waals surface area contributed by atoms with E-state index < -0.39 is 0 Å². The number of carbonyl (C=O) groups excluding carboxylic acids is 1. The SMILES string of the molecule is NC1(c2cccc3c2CNC3=O)CC1. The van der Waals surface area contributed by atoms with E-state index in [-0.39, 0.29) is 11.4 Å². The maximum absolute atomic E-state index is 11.4. The second-order valence-corrected chi connectivity index (χ2v) is 4.17. The van der Waals surface area contributed by atoms with Crippen LogP contribution in [0.2, 0.25) is 0 Å². The summed E-state index contributed by atoms with van der Waals surface area (Å²) in [6.07, 6.45) is 2.08. The van der Waals surface area contributed by atoms with Crippen LogP contribution in [-0.2, 0) is 12.1 Å². The van der Waals surface area contributed by atoms with E-state index in [1.165, 1.54) is 0 Å². The van der Waals surface area contributed by atoms with Gasteiger partial charge in [0.2, 0.25) is 0 Å². The third-order valence-electron chi connectivity index (χ3n) is 3.17. The van der Waals surface area contributed by atoms with Gasteiger partial charge in [-0.3, -0.25) is 4.79 Å². The number of nitrogens with two attached hydrogens (primary N) is 1. The summed E-state index contributed by atoms with van der Waals surface area (Å²) in [4.78, 5) is 11.4.